The van der Waals surface area contributed by atoms with Gasteiger partial charge in [-0.25, -0.2) is 9.67 Å². The van der Waals surface area contributed by atoms with E-state index >= 15 is 0 Å². The second-order valence-corrected chi connectivity index (χ2v) is 8.45. The van der Waals surface area contributed by atoms with Crippen molar-refractivity contribution in [2.75, 3.05) is 11.1 Å². The van der Waals surface area contributed by atoms with E-state index in [4.69, 9.17) is 4.98 Å². The number of nitrogens with zero attached hydrogens (tertiary/aromatic N) is 3. The van der Waals surface area contributed by atoms with Crippen LogP contribution < -0.4 is 10.9 Å². The van der Waals surface area contributed by atoms with Gasteiger partial charge in [0.25, 0.3) is 5.56 Å². The number of aromatic amines is 1. The lowest BCUT2D eigenvalue weighted by molar-refractivity contribution is -0.113. The van der Waals surface area contributed by atoms with Crippen LogP contribution >= 0.6 is 11.8 Å². The number of amides is 1. The molecule has 4 rings (SSSR count). The molecule has 0 saturated heterocycles. The van der Waals surface area contributed by atoms with Crippen LogP contribution in [0.15, 0.2) is 52.3 Å². The Morgan fingerprint density at radius 2 is 1.94 bits per heavy atom. The lowest BCUT2D eigenvalue weighted by Gasteiger charge is -2.15. The van der Waals surface area contributed by atoms with E-state index in [0.717, 1.165) is 36.9 Å². The molecule has 1 aromatic carbocycles. The molecule has 0 aliphatic heterocycles. The average Bonchev–Trinajstić information content (AvgIpc) is 3.13. The molecule has 31 heavy (non-hydrogen) atoms. The van der Waals surface area contributed by atoms with Crippen LogP contribution in [0.3, 0.4) is 0 Å². The fraction of sp³-hybridized carbons (Fsp3) is 0.304. The van der Waals surface area contributed by atoms with Crippen molar-refractivity contribution in [3.05, 3.63) is 69.6 Å². The first-order valence-corrected chi connectivity index (χ1v) is 11.4. The predicted octanol–water partition coefficient (Wildman–Crippen LogP) is 3.82. The van der Waals surface area contributed by atoms with Crippen molar-refractivity contribution >= 4 is 23.5 Å². The summed E-state index contributed by atoms with van der Waals surface area (Å²) in [5.74, 6) is 0.147. The molecule has 2 aromatic heterocycles. The topological polar surface area (TPSA) is 104 Å². The molecule has 0 saturated carbocycles. The van der Waals surface area contributed by atoms with E-state index in [0.29, 0.717) is 22.1 Å². The molecule has 0 bridgehead atoms. The summed E-state index contributed by atoms with van der Waals surface area (Å²) in [6.45, 7) is 0. The second-order valence-electron chi connectivity index (χ2n) is 7.49. The fourth-order valence-electron chi connectivity index (χ4n) is 3.71. The van der Waals surface area contributed by atoms with Crippen molar-refractivity contribution in [2.45, 2.75) is 43.6 Å². The number of nitriles is 1. The lowest BCUT2D eigenvalue weighted by atomic mass is 9.96. The quantitative estimate of drug-likeness (QED) is 0.595. The molecular formula is C23H23N5O2S. The highest BCUT2D eigenvalue weighted by atomic mass is 32.2. The van der Waals surface area contributed by atoms with Gasteiger partial charge in [-0.1, -0.05) is 42.8 Å². The molecule has 1 amide bonds. The number of rotatable bonds is 5. The van der Waals surface area contributed by atoms with Gasteiger partial charge in [-0.2, -0.15) is 5.26 Å². The van der Waals surface area contributed by atoms with Crippen molar-refractivity contribution in [1.82, 2.24) is 14.8 Å². The molecule has 7 nitrogen and oxygen atoms in total. The standard InChI is InChI=1S/C23H23N5O2S/c24-14-17-12-16-8-4-1-2-7-11-19(16)25-23(17)31-15-21(29)26-20-13-22(30)28(27-20)18-9-5-3-6-10-18/h3,5-6,9-10,12-13,27H,1-2,4,7-8,11,15H2,(H,26,29). The number of carbonyl (C=O) groups excluding carboxylic acids is 1. The van der Waals surface area contributed by atoms with Crippen LogP contribution in [0.1, 0.15) is 42.5 Å². The summed E-state index contributed by atoms with van der Waals surface area (Å²) in [6, 6.07) is 14.6. The third-order valence-electron chi connectivity index (χ3n) is 5.24. The van der Waals surface area contributed by atoms with Crippen molar-refractivity contribution in [3.8, 4) is 11.8 Å². The minimum absolute atomic E-state index is 0.0962. The maximum Gasteiger partial charge on any atom is 0.273 e. The van der Waals surface area contributed by atoms with Crippen LogP contribution in [0.4, 0.5) is 5.82 Å². The summed E-state index contributed by atoms with van der Waals surface area (Å²) in [6.07, 6.45) is 6.50. The van der Waals surface area contributed by atoms with E-state index in [1.54, 1.807) is 12.1 Å². The summed E-state index contributed by atoms with van der Waals surface area (Å²) >= 11 is 1.25. The Kier molecular flexibility index (Phi) is 6.53. The zero-order valence-corrected chi connectivity index (χ0v) is 17.9. The van der Waals surface area contributed by atoms with E-state index in [1.807, 2.05) is 24.3 Å². The molecule has 2 heterocycles. The number of fused-ring (bicyclic) bond motifs is 1. The molecule has 2 N–H and O–H groups in total. The summed E-state index contributed by atoms with van der Waals surface area (Å²) < 4.78 is 1.37. The first-order valence-electron chi connectivity index (χ1n) is 10.4. The van der Waals surface area contributed by atoms with E-state index in [-0.39, 0.29) is 17.2 Å². The van der Waals surface area contributed by atoms with Gasteiger partial charge in [-0.15, -0.1) is 0 Å². The Morgan fingerprint density at radius 3 is 2.71 bits per heavy atom. The number of anilines is 1. The van der Waals surface area contributed by atoms with Gasteiger partial charge in [-0.3, -0.25) is 14.7 Å². The number of para-hydroxylation sites is 1. The number of benzene rings is 1. The largest absolute Gasteiger partial charge is 0.310 e. The number of aryl methyl sites for hydroxylation is 2. The summed E-state index contributed by atoms with van der Waals surface area (Å²) in [4.78, 5) is 29.4. The molecule has 0 atom stereocenters. The normalized spacial score (nSPS) is 13.5. The monoisotopic (exact) mass is 433 g/mol. The maximum atomic E-state index is 12.5. The van der Waals surface area contributed by atoms with Gasteiger partial charge in [0.15, 0.2) is 0 Å². The van der Waals surface area contributed by atoms with Crippen LogP contribution in [-0.2, 0) is 17.6 Å². The van der Waals surface area contributed by atoms with Crippen molar-refractivity contribution in [3.63, 3.8) is 0 Å². The van der Waals surface area contributed by atoms with Crippen LogP contribution in [0.2, 0.25) is 0 Å². The number of nitrogens with one attached hydrogen (secondary N) is 2. The first kappa shape index (κ1) is 20.9. The molecule has 1 aliphatic carbocycles. The van der Waals surface area contributed by atoms with Crippen molar-refractivity contribution < 1.29 is 4.79 Å². The number of carbonyl (C=O) groups is 1. The van der Waals surface area contributed by atoms with Gasteiger partial charge >= 0.3 is 0 Å². The summed E-state index contributed by atoms with van der Waals surface area (Å²) in [7, 11) is 0. The Balaban J connectivity index is 1.44. The maximum absolute atomic E-state index is 12.5. The number of H-pyrrole nitrogens is 1. The second kappa shape index (κ2) is 9.67. The molecular weight excluding hydrogens is 410 g/mol. The first-order chi connectivity index (χ1) is 15.1. The third kappa shape index (κ3) is 5.06. The smallest absolute Gasteiger partial charge is 0.273 e. The Bertz CT molecular complexity index is 1180. The van der Waals surface area contributed by atoms with Gasteiger partial charge in [0.2, 0.25) is 5.91 Å². The van der Waals surface area contributed by atoms with E-state index in [1.165, 1.54) is 35.4 Å². The van der Waals surface area contributed by atoms with Crippen LogP contribution in [-0.4, -0.2) is 26.4 Å². The van der Waals surface area contributed by atoms with Crippen molar-refractivity contribution in [2.24, 2.45) is 0 Å². The molecule has 3 aromatic rings. The molecule has 0 spiro atoms. The minimum atomic E-state index is -0.274. The van der Waals surface area contributed by atoms with E-state index < -0.39 is 0 Å². The van der Waals surface area contributed by atoms with Gasteiger partial charge < -0.3 is 5.32 Å². The molecule has 8 heteroatoms. The number of pyridine rings is 1. The highest BCUT2D eigenvalue weighted by Gasteiger charge is 2.16. The molecule has 0 unspecified atom stereocenters. The summed E-state index contributed by atoms with van der Waals surface area (Å²) in [5, 5.41) is 15.7. The van der Waals surface area contributed by atoms with Crippen LogP contribution in [0.25, 0.3) is 5.69 Å². The zero-order chi connectivity index (χ0) is 21.6. The van der Waals surface area contributed by atoms with Gasteiger partial charge in [0, 0.05) is 11.8 Å². The fourth-order valence-corrected chi connectivity index (χ4v) is 4.48. The van der Waals surface area contributed by atoms with Gasteiger partial charge in [-0.05, 0) is 49.4 Å². The van der Waals surface area contributed by atoms with E-state index in [2.05, 4.69) is 16.5 Å². The van der Waals surface area contributed by atoms with Gasteiger partial charge in [0.05, 0.1) is 17.0 Å². The number of hydrogen-bond donors (Lipinski definition) is 2. The van der Waals surface area contributed by atoms with Crippen molar-refractivity contribution in [1.29, 1.82) is 5.26 Å². The number of hydrogen-bond acceptors (Lipinski definition) is 5. The highest BCUT2D eigenvalue weighted by molar-refractivity contribution is 8.00. The zero-order valence-electron chi connectivity index (χ0n) is 17.1. The predicted molar refractivity (Wildman–Crippen MR) is 121 cm³/mol. The van der Waals surface area contributed by atoms with Crippen LogP contribution in [0.5, 0.6) is 0 Å². The summed E-state index contributed by atoms with van der Waals surface area (Å²) in [5.41, 5.74) is 3.15. The molecule has 1 aliphatic rings. The Labute approximate surface area is 184 Å². The number of aromatic nitrogens is 3. The van der Waals surface area contributed by atoms with E-state index in [9.17, 15) is 14.9 Å². The molecule has 0 fully saturated rings. The Hall–Kier alpha value is -3.31. The van der Waals surface area contributed by atoms with Gasteiger partial charge in [0.1, 0.15) is 16.9 Å². The Morgan fingerprint density at radius 1 is 1.16 bits per heavy atom. The molecule has 158 valence electrons. The SMILES string of the molecule is N#Cc1cc2c(nc1SCC(=O)Nc1cc(=O)n(-c3ccccc3)[nH]1)CCCCCC2. The average molecular weight is 434 g/mol. The molecule has 0 radical (unpaired) electrons. The third-order valence-corrected chi connectivity index (χ3v) is 6.23. The highest BCUT2D eigenvalue weighted by Crippen LogP contribution is 2.26. The minimum Gasteiger partial charge on any atom is -0.310 e. The van der Waals surface area contributed by atoms with Crippen LogP contribution in [0, 0.1) is 11.3 Å². The number of thioether (sulfide) groups is 1. The lowest BCUT2D eigenvalue weighted by Crippen LogP contribution is -2.15.